The number of carbonyl (C=O) groups excluding carboxylic acids is 1. The summed E-state index contributed by atoms with van der Waals surface area (Å²) in [5.74, 6) is 2.00. The van der Waals surface area contributed by atoms with Crippen LogP contribution in [-0.4, -0.2) is 76.6 Å². The fourth-order valence-electron chi connectivity index (χ4n) is 5.26. The zero-order valence-electron chi connectivity index (χ0n) is 23.2. The summed E-state index contributed by atoms with van der Waals surface area (Å²) in [4.78, 5) is 17.3. The molecule has 0 radical (unpaired) electrons. The third-order valence-corrected chi connectivity index (χ3v) is 7.64. The molecule has 0 bridgehead atoms. The van der Waals surface area contributed by atoms with Gasteiger partial charge in [0.05, 0.1) is 38.1 Å². The first kappa shape index (κ1) is 28.2. The molecule has 3 atom stereocenters. The van der Waals surface area contributed by atoms with Crippen LogP contribution in [0.1, 0.15) is 43.7 Å². The first-order chi connectivity index (χ1) is 18.4. The largest absolute Gasteiger partial charge is 0.497 e. The van der Waals surface area contributed by atoms with Gasteiger partial charge in [-0.25, -0.2) is 0 Å². The Morgan fingerprint density at radius 1 is 1.13 bits per heavy atom. The van der Waals surface area contributed by atoms with Crippen molar-refractivity contribution < 1.29 is 23.7 Å². The molecule has 1 amide bonds. The summed E-state index contributed by atoms with van der Waals surface area (Å²) in [5, 5.41) is 0. The fourth-order valence-corrected chi connectivity index (χ4v) is 5.26. The van der Waals surface area contributed by atoms with Gasteiger partial charge in [0.2, 0.25) is 5.91 Å². The highest BCUT2D eigenvalue weighted by atomic mass is 16.5. The van der Waals surface area contributed by atoms with Gasteiger partial charge >= 0.3 is 0 Å². The zero-order valence-corrected chi connectivity index (χ0v) is 23.2. The molecule has 0 unspecified atom stereocenters. The second-order valence-corrected chi connectivity index (χ2v) is 10.6. The second kappa shape index (κ2) is 13.3. The van der Waals surface area contributed by atoms with Crippen molar-refractivity contribution >= 4 is 11.6 Å². The minimum atomic E-state index is -0.502. The first-order valence-electron chi connectivity index (χ1n) is 13.7. The van der Waals surface area contributed by atoms with E-state index in [1.54, 1.807) is 14.2 Å². The Labute approximate surface area is 227 Å². The molecule has 0 spiro atoms. The van der Waals surface area contributed by atoms with Crippen molar-refractivity contribution in [1.29, 1.82) is 0 Å². The van der Waals surface area contributed by atoms with Crippen molar-refractivity contribution in [3.05, 3.63) is 53.6 Å². The molecule has 2 aromatic carbocycles. The number of amides is 1. The molecule has 8 nitrogen and oxygen atoms in total. The van der Waals surface area contributed by atoms with Crippen LogP contribution in [-0.2, 0) is 20.9 Å². The van der Waals surface area contributed by atoms with Gasteiger partial charge in [0.25, 0.3) is 0 Å². The SMILES string of the molecule is COCCCN1CCOc2ccc(CO[C@H]3CN(C(=O)[C@@H](N)C(C)C)CC[C@@H]3c3ccc(OC)cc3)cc21. The molecule has 2 aliphatic heterocycles. The quantitative estimate of drug-likeness (QED) is 0.447. The number of hydrogen-bond acceptors (Lipinski definition) is 7. The van der Waals surface area contributed by atoms with Gasteiger partial charge in [-0.1, -0.05) is 32.0 Å². The summed E-state index contributed by atoms with van der Waals surface area (Å²) in [6.07, 6.45) is 1.63. The fraction of sp³-hybridized carbons (Fsp3) is 0.567. The van der Waals surface area contributed by atoms with Crippen molar-refractivity contribution in [1.82, 2.24) is 4.90 Å². The number of methoxy groups -OCH3 is 2. The zero-order chi connectivity index (χ0) is 27.1. The van der Waals surface area contributed by atoms with Crippen molar-refractivity contribution in [2.45, 2.75) is 51.4 Å². The average molecular weight is 526 g/mol. The molecule has 8 heteroatoms. The Hall–Kier alpha value is -2.81. The molecule has 1 fully saturated rings. The monoisotopic (exact) mass is 525 g/mol. The molecule has 2 aliphatic rings. The first-order valence-corrected chi connectivity index (χ1v) is 13.7. The average Bonchev–Trinajstić information content (AvgIpc) is 2.95. The number of nitrogens with zero attached hydrogens (tertiary/aromatic N) is 2. The van der Waals surface area contributed by atoms with Gasteiger partial charge in [-0.2, -0.15) is 0 Å². The van der Waals surface area contributed by atoms with Crippen LogP contribution in [0, 0.1) is 5.92 Å². The third kappa shape index (κ3) is 6.79. The molecule has 2 aromatic rings. The van der Waals surface area contributed by atoms with Crippen molar-refractivity contribution in [2.24, 2.45) is 11.7 Å². The predicted octanol–water partition coefficient (Wildman–Crippen LogP) is 3.82. The molecule has 0 aromatic heterocycles. The van der Waals surface area contributed by atoms with Crippen LogP contribution in [0.3, 0.4) is 0 Å². The van der Waals surface area contributed by atoms with Crippen LogP contribution >= 0.6 is 0 Å². The van der Waals surface area contributed by atoms with E-state index in [0.717, 1.165) is 55.3 Å². The molecular weight excluding hydrogens is 482 g/mol. The smallest absolute Gasteiger partial charge is 0.239 e. The van der Waals surface area contributed by atoms with E-state index in [0.29, 0.717) is 26.3 Å². The van der Waals surface area contributed by atoms with Crippen molar-refractivity contribution in [2.75, 3.05) is 58.5 Å². The summed E-state index contributed by atoms with van der Waals surface area (Å²) in [5.41, 5.74) is 9.61. The van der Waals surface area contributed by atoms with E-state index in [4.69, 9.17) is 24.7 Å². The summed E-state index contributed by atoms with van der Waals surface area (Å²) >= 11 is 0. The predicted molar refractivity (Wildman–Crippen MR) is 149 cm³/mol. The lowest BCUT2D eigenvalue weighted by Crippen LogP contribution is -2.53. The highest BCUT2D eigenvalue weighted by Gasteiger charge is 2.35. The number of rotatable bonds is 11. The van der Waals surface area contributed by atoms with Gasteiger partial charge in [-0.15, -0.1) is 0 Å². The third-order valence-electron chi connectivity index (χ3n) is 7.64. The molecule has 0 saturated carbocycles. The van der Waals surface area contributed by atoms with Crippen LogP contribution < -0.4 is 20.1 Å². The van der Waals surface area contributed by atoms with Gasteiger partial charge < -0.3 is 34.5 Å². The maximum atomic E-state index is 13.1. The maximum Gasteiger partial charge on any atom is 0.239 e. The topological polar surface area (TPSA) is 86.5 Å². The van der Waals surface area contributed by atoms with Gasteiger partial charge in [-0.3, -0.25) is 4.79 Å². The number of hydrogen-bond donors (Lipinski definition) is 1. The lowest BCUT2D eigenvalue weighted by Gasteiger charge is -2.40. The highest BCUT2D eigenvalue weighted by Crippen LogP contribution is 2.35. The molecule has 2 N–H and O–H groups in total. The minimum absolute atomic E-state index is 0.000545. The standard InChI is InChI=1S/C30H43N3O5/c1-21(2)29(31)30(34)33-14-12-25(23-7-9-24(36-4)10-8-23)28(19-33)38-20-22-6-11-27-26(18-22)32(15-17-37-27)13-5-16-35-3/h6-11,18,21,25,28-29H,5,12-17,19-20,31H2,1-4H3/t25-,28+,29+/m1/s1. The molecule has 208 valence electrons. The van der Waals surface area contributed by atoms with E-state index < -0.39 is 6.04 Å². The van der Waals surface area contributed by atoms with E-state index in [1.807, 2.05) is 36.9 Å². The number of anilines is 1. The Morgan fingerprint density at radius 3 is 2.63 bits per heavy atom. The Balaban J connectivity index is 1.50. The summed E-state index contributed by atoms with van der Waals surface area (Å²) < 4.78 is 23.1. The van der Waals surface area contributed by atoms with Crippen LogP contribution in [0.5, 0.6) is 11.5 Å². The van der Waals surface area contributed by atoms with E-state index in [2.05, 4.69) is 29.2 Å². The van der Waals surface area contributed by atoms with Crippen molar-refractivity contribution in [3.8, 4) is 11.5 Å². The summed E-state index contributed by atoms with van der Waals surface area (Å²) in [6.45, 7) is 8.81. The van der Waals surface area contributed by atoms with Crippen molar-refractivity contribution in [3.63, 3.8) is 0 Å². The number of carbonyl (C=O) groups is 1. The molecule has 2 heterocycles. The lowest BCUT2D eigenvalue weighted by atomic mass is 9.86. The highest BCUT2D eigenvalue weighted by molar-refractivity contribution is 5.82. The molecule has 4 rings (SSSR count). The maximum absolute atomic E-state index is 13.1. The van der Waals surface area contributed by atoms with Gasteiger partial charge in [0.1, 0.15) is 18.1 Å². The van der Waals surface area contributed by atoms with Crippen LogP contribution in [0.25, 0.3) is 0 Å². The number of nitrogens with two attached hydrogens (primary N) is 1. The second-order valence-electron chi connectivity index (χ2n) is 10.6. The normalized spacial score (nSPS) is 20.2. The van der Waals surface area contributed by atoms with Gasteiger partial charge in [0, 0.05) is 39.3 Å². The summed E-state index contributed by atoms with van der Waals surface area (Å²) in [7, 11) is 3.41. The van der Waals surface area contributed by atoms with E-state index in [-0.39, 0.29) is 23.8 Å². The Bertz CT molecular complexity index is 1040. The minimum Gasteiger partial charge on any atom is -0.497 e. The number of benzene rings is 2. The van der Waals surface area contributed by atoms with Crippen LogP contribution in [0.15, 0.2) is 42.5 Å². The van der Waals surface area contributed by atoms with E-state index >= 15 is 0 Å². The lowest BCUT2D eigenvalue weighted by molar-refractivity contribution is -0.138. The van der Waals surface area contributed by atoms with Crippen LogP contribution in [0.2, 0.25) is 0 Å². The number of piperidine rings is 1. The van der Waals surface area contributed by atoms with Gasteiger partial charge in [0.15, 0.2) is 0 Å². The number of likely N-dealkylation sites (tertiary alicyclic amines) is 1. The van der Waals surface area contributed by atoms with Crippen LogP contribution in [0.4, 0.5) is 5.69 Å². The van der Waals surface area contributed by atoms with E-state index in [9.17, 15) is 4.79 Å². The Kier molecular flexibility index (Phi) is 9.88. The Morgan fingerprint density at radius 2 is 1.92 bits per heavy atom. The molecule has 38 heavy (non-hydrogen) atoms. The number of fused-ring (bicyclic) bond motifs is 1. The van der Waals surface area contributed by atoms with Gasteiger partial charge in [-0.05, 0) is 54.2 Å². The molecular formula is C30H43N3O5. The molecule has 0 aliphatic carbocycles. The van der Waals surface area contributed by atoms with E-state index in [1.165, 1.54) is 5.56 Å². The summed E-state index contributed by atoms with van der Waals surface area (Å²) in [6, 6.07) is 14.0. The molecule has 1 saturated heterocycles. The number of ether oxygens (including phenoxy) is 4.